The van der Waals surface area contributed by atoms with Crippen molar-refractivity contribution in [3.63, 3.8) is 0 Å². The number of carbonyl (C=O) groups is 1. The van der Waals surface area contributed by atoms with E-state index in [1.54, 1.807) is 0 Å². The highest BCUT2D eigenvalue weighted by molar-refractivity contribution is 8.00. The van der Waals surface area contributed by atoms with E-state index >= 15 is 0 Å². The summed E-state index contributed by atoms with van der Waals surface area (Å²) in [5.74, 6) is 0.556. The summed E-state index contributed by atoms with van der Waals surface area (Å²) < 4.78 is 10.9. The summed E-state index contributed by atoms with van der Waals surface area (Å²) in [6, 6.07) is 6.32. The number of hydrogen-bond donors (Lipinski definition) is 1. The number of nitrogens with one attached hydrogen (secondary N) is 1. The third kappa shape index (κ3) is 4.11. The van der Waals surface area contributed by atoms with Crippen molar-refractivity contribution in [3.8, 4) is 0 Å². The fourth-order valence-electron chi connectivity index (χ4n) is 2.35. The van der Waals surface area contributed by atoms with Crippen LogP contribution in [0.15, 0.2) is 27.5 Å². The van der Waals surface area contributed by atoms with E-state index in [0.29, 0.717) is 18.3 Å². The van der Waals surface area contributed by atoms with Gasteiger partial charge in [-0.3, -0.25) is 10.1 Å². The lowest BCUT2D eigenvalue weighted by atomic mass is 10.2. The standard InChI is InChI=1S/C16H19N3O3S/c1-10-5-6-11(2)13(8-10)23-9-14(20)17-16-19-18-15(22-16)12-4-3-7-21-12/h5-6,8,12H,3-4,7,9H2,1-2H3,(H,17,19,20)/t12-/m1/s1. The third-order valence-corrected chi connectivity index (χ3v) is 4.75. The molecule has 0 spiro atoms. The van der Waals surface area contributed by atoms with Crippen molar-refractivity contribution >= 4 is 23.7 Å². The number of aryl methyl sites for hydroxylation is 2. The molecule has 122 valence electrons. The summed E-state index contributed by atoms with van der Waals surface area (Å²) in [5, 5.41) is 10.4. The van der Waals surface area contributed by atoms with E-state index in [2.05, 4.69) is 33.7 Å². The Morgan fingerprint density at radius 3 is 3.04 bits per heavy atom. The number of ether oxygens (including phenoxy) is 1. The van der Waals surface area contributed by atoms with E-state index in [0.717, 1.165) is 23.3 Å². The van der Waals surface area contributed by atoms with Crippen LogP contribution in [0, 0.1) is 13.8 Å². The van der Waals surface area contributed by atoms with Gasteiger partial charge in [0.25, 0.3) is 0 Å². The van der Waals surface area contributed by atoms with Gasteiger partial charge >= 0.3 is 6.01 Å². The predicted molar refractivity (Wildman–Crippen MR) is 87.5 cm³/mol. The van der Waals surface area contributed by atoms with Crippen molar-refractivity contribution in [2.24, 2.45) is 0 Å². The molecule has 2 heterocycles. The highest BCUT2D eigenvalue weighted by atomic mass is 32.2. The number of benzene rings is 1. The molecule has 3 rings (SSSR count). The Balaban J connectivity index is 1.54. The van der Waals surface area contributed by atoms with Gasteiger partial charge in [0, 0.05) is 11.5 Å². The first-order valence-corrected chi connectivity index (χ1v) is 8.55. The minimum Gasteiger partial charge on any atom is -0.405 e. The van der Waals surface area contributed by atoms with Crippen LogP contribution in [-0.4, -0.2) is 28.5 Å². The van der Waals surface area contributed by atoms with Crippen molar-refractivity contribution in [1.29, 1.82) is 0 Å². The maximum atomic E-state index is 12.0. The second kappa shape index (κ2) is 7.14. The monoisotopic (exact) mass is 333 g/mol. The molecule has 7 heteroatoms. The van der Waals surface area contributed by atoms with Crippen LogP contribution in [0.1, 0.15) is 36.0 Å². The molecule has 1 aliphatic heterocycles. The number of hydrogen-bond acceptors (Lipinski definition) is 6. The first-order valence-electron chi connectivity index (χ1n) is 7.57. The highest BCUT2D eigenvalue weighted by Crippen LogP contribution is 2.28. The Bertz CT molecular complexity index is 696. The summed E-state index contributed by atoms with van der Waals surface area (Å²) in [6.45, 7) is 4.78. The van der Waals surface area contributed by atoms with Gasteiger partial charge in [0.05, 0.1) is 5.75 Å². The summed E-state index contributed by atoms with van der Waals surface area (Å²) >= 11 is 1.49. The second-order valence-corrected chi connectivity index (χ2v) is 6.57. The van der Waals surface area contributed by atoms with Gasteiger partial charge < -0.3 is 9.15 Å². The number of anilines is 1. The summed E-state index contributed by atoms with van der Waals surface area (Å²) in [5.41, 5.74) is 2.34. The molecule has 2 aromatic rings. The number of thioether (sulfide) groups is 1. The molecule has 1 N–H and O–H groups in total. The molecular weight excluding hydrogens is 314 g/mol. The molecule has 1 aliphatic rings. The van der Waals surface area contributed by atoms with Crippen molar-refractivity contribution in [1.82, 2.24) is 10.2 Å². The van der Waals surface area contributed by atoms with Gasteiger partial charge in [-0.25, -0.2) is 0 Å². The molecule has 0 saturated carbocycles. The lowest BCUT2D eigenvalue weighted by molar-refractivity contribution is -0.113. The van der Waals surface area contributed by atoms with Crippen LogP contribution in [0.4, 0.5) is 6.01 Å². The van der Waals surface area contributed by atoms with E-state index in [9.17, 15) is 4.79 Å². The molecule has 0 radical (unpaired) electrons. The van der Waals surface area contributed by atoms with Gasteiger partial charge in [-0.15, -0.1) is 16.9 Å². The lowest BCUT2D eigenvalue weighted by Crippen LogP contribution is -2.14. The highest BCUT2D eigenvalue weighted by Gasteiger charge is 2.24. The van der Waals surface area contributed by atoms with Crippen LogP contribution >= 0.6 is 11.8 Å². The van der Waals surface area contributed by atoms with E-state index in [-0.39, 0.29) is 18.0 Å². The Labute approximate surface area is 139 Å². The van der Waals surface area contributed by atoms with Crippen molar-refractivity contribution in [2.75, 3.05) is 17.7 Å². The van der Waals surface area contributed by atoms with Gasteiger partial charge in [-0.05, 0) is 38.3 Å². The topological polar surface area (TPSA) is 77.2 Å². The molecular formula is C16H19N3O3S. The first kappa shape index (κ1) is 16.0. The average Bonchev–Trinajstić information content (AvgIpc) is 3.19. The lowest BCUT2D eigenvalue weighted by Gasteiger charge is -2.06. The molecule has 1 fully saturated rings. The zero-order valence-electron chi connectivity index (χ0n) is 13.2. The number of aromatic nitrogens is 2. The summed E-state index contributed by atoms with van der Waals surface area (Å²) in [6.07, 6.45) is 1.72. The molecule has 1 saturated heterocycles. The maximum absolute atomic E-state index is 12.0. The third-order valence-electron chi connectivity index (χ3n) is 3.59. The molecule has 6 nitrogen and oxygen atoms in total. The largest absolute Gasteiger partial charge is 0.405 e. The summed E-state index contributed by atoms with van der Waals surface area (Å²) in [4.78, 5) is 13.1. The van der Waals surface area contributed by atoms with Gasteiger partial charge in [0.1, 0.15) is 6.10 Å². The second-order valence-electron chi connectivity index (χ2n) is 5.55. The molecule has 23 heavy (non-hydrogen) atoms. The van der Waals surface area contributed by atoms with Crippen molar-refractivity contribution in [3.05, 3.63) is 35.2 Å². The molecule has 0 aliphatic carbocycles. The van der Waals surface area contributed by atoms with Crippen molar-refractivity contribution < 1.29 is 13.9 Å². The van der Waals surface area contributed by atoms with Crippen LogP contribution in [0.5, 0.6) is 0 Å². The van der Waals surface area contributed by atoms with Crippen LogP contribution < -0.4 is 5.32 Å². The van der Waals surface area contributed by atoms with Crippen LogP contribution in [0.25, 0.3) is 0 Å². The van der Waals surface area contributed by atoms with Crippen LogP contribution in [-0.2, 0) is 9.53 Å². The Morgan fingerprint density at radius 1 is 1.39 bits per heavy atom. The molecule has 0 bridgehead atoms. The van der Waals surface area contributed by atoms with E-state index < -0.39 is 0 Å². The first-order chi connectivity index (χ1) is 11.1. The molecule has 1 aromatic heterocycles. The van der Waals surface area contributed by atoms with E-state index in [4.69, 9.17) is 9.15 Å². The van der Waals surface area contributed by atoms with Crippen LogP contribution in [0.3, 0.4) is 0 Å². The molecule has 1 atom stereocenters. The van der Waals surface area contributed by atoms with Gasteiger partial charge in [0.2, 0.25) is 11.8 Å². The minimum absolute atomic E-state index is 0.127. The maximum Gasteiger partial charge on any atom is 0.322 e. The van der Waals surface area contributed by atoms with Gasteiger partial charge in [0.15, 0.2) is 0 Å². The number of rotatable bonds is 5. The molecule has 0 unspecified atom stereocenters. The summed E-state index contributed by atoms with van der Waals surface area (Å²) in [7, 11) is 0. The zero-order chi connectivity index (χ0) is 16.2. The van der Waals surface area contributed by atoms with E-state index in [1.807, 2.05) is 13.8 Å². The SMILES string of the molecule is Cc1ccc(C)c(SCC(=O)Nc2nnc([C@H]3CCCO3)o2)c1. The predicted octanol–water partition coefficient (Wildman–Crippen LogP) is 3.27. The Hall–Kier alpha value is -1.86. The minimum atomic E-state index is -0.168. The number of nitrogens with zero attached hydrogens (tertiary/aromatic N) is 2. The quantitative estimate of drug-likeness (QED) is 0.846. The fourth-order valence-corrected chi connectivity index (χ4v) is 3.27. The number of amides is 1. The average molecular weight is 333 g/mol. The molecule has 1 aromatic carbocycles. The number of carbonyl (C=O) groups excluding carboxylic acids is 1. The smallest absolute Gasteiger partial charge is 0.322 e. The normalized spacial score (nSPS) is 17.4. The Morgan fingerprint density at radius 2 is 2.26 bits per heavy atom. The van der Waals surface area contributed by atoms with Gasteiger partial charge in [-0.1, -0.05) is 22.8 Å². The van der Waals surface area contributed by atoms with Crippen LogP contribution in [0.2, 0.25) is 0 Å². The zero-order valence-corrected chi connectivity index (χ0v) is 14.0. The fraction of sp³-hybridized carbons (Fsp3) is 0.438. The Kier molecular flexibility index (Phi) is 4.97. The van der Waals surface area contributed by atoms with Crippen molar-refractivity contribution in [2.45, 2.75) is 37.7 Å². The molecule has 1 amide bonds. The van der Waals surface area contributed by atoms with Gasteiger partial charge in [-0.2, -0.15) is 0 Å². The van der Waals surface area contributed by atoms with E-state index in [1.165, 1.54) is 17.3 Å².